The SMILES string of the molecule is Cc1nn(CCCOc2ccccc2)cc1C(=O)O. The first kappa shape index (κ1) is 13.1. The number of aryl methyl sites for hydroxylation is 2. The maximum atomic E-state index is 10.9. The molecule has 0 aliphatic carbocycles. The van der Waals surface area contributed by atoms with Crippen LogP contribution in [-0.2, 0) is 6.54 Å². The van der Waals surface area contributed by atoms with Crippen LogP contribution in [0.3, 0.4) is 0 Å². The lowest BCUT2D eigenvalue weighted by Crippen LogP contribution is -2.05. The van der Waals surface area contributed by atoms with Crippen molar-refractivity contribution >= 4 is 5.97 Å². The number of carboxylic acid groups (broad SMARTS) is 1. The third-order valence-corrected chi connectivity index (χ3v) is 2.72. The molecule has 5 nitrogen and oxygen atoms in total. The number of carboxylic acids is 1. The van der Waals surface area contributed by atoms with Crippen LogP contribution in [0.15, 0.2) is 36.5 Å². The number of aromatic carboxylic acids is 1. The largest absolute Gasteiger partial charge is 0.494 e. The van der Waals surface area contributed by atoms with Crippen LogP contribution in [0.5, 0.6) is 5.75 Å². The van der Waals surface area contributed by atoms with Gasteiger partial charge in [0, 0.05) is 19.2 Å². The summed E-state index contributed by atoms with van der Waals surface area (Å²) in [4.78, 5) is 10.9. The zero-order valence-corrected chi connectivity index (χ0v) is 10.7. The summed E-state index contributed by atoms with van der Waals surface area (Å²) in [5.41, 5.74) is 0.792. The molecule has 1 aromatic carbocycles. The Hall–Kier alpha value is -2.30. The summed E-state index contributed by atoms with van der Waals surface area (Å²) in [5.74, 6) is -0.102. The number of carbonyl (C=O) groups is 1. The van der Waals surface area contributed by atoms with E-state index in [-0.39, 0.29) is 5.56 Å². The summed E-state index contributed by atoms with van der Waals surface area (Å²) in [7, 11) is 0. The van der Waals surface area contributed by atoms with E-state index in [0.717, 1.165) is 12.2 Å². The molecule has 2 rings (SSSR count). The van der Waals surface area contributed by atoms with E-state index >= 15 is 0 Å². The number of nitrogens with zero attached hydrogens (tertiary/aromatic N) is 2. The van der Waals surface area contributed by atoms with Gasteiger partial charge in [0.1, 0.15) is 11.3 Å². The van der Waals surface area contributed by atoms with E-state index in [2.05, 4.69) is 5.10 Å². The number of benzene rings is 1. The first-order chi connectivity index (χ1) is 9.16. The van der Waals surface area contributed by atoms with Crippen molar-refractivity contribution in [1.82, 2.24) is 9.78 Å². The van der Waals surface area contributed by atoms with Gasteiger partial charge in [-0.15, -0.1) is 0 Å². The van der Waals surface area contributed by atoms with Crippen molar-refractivity contribution in [2.45, 2.75) is 19.9 Å². The van der Waals surface area contributed by atoms with Crippen LogP contribution >= 0.6 is 0 Å². The monoisotopic (exact) mass is 260 g/mol. The van der Waals surface area contributed by atoms with Crippen molar-refractivity contribution in [1.29, 1.82) is 0 Å². The minimum absolute atomic E-state index is 0.254. The molecule has 1 aromatic heterocycles. The maximum absolute atomic E-state index is 10.9. The van der Waals surface area contributed by atoms with Crippen molar-refractivity contribution in [2.75, 3.05) is 6.61 Å². The highest BCUT2D eigenvalue weighted by Crippen LogP contribution is 2.09. The topological polar surface area (TPSA) is 64.4 Å². The highest BCUT2D eigenvalue weighted by atomic mass is 16.5. The predicted octanol–water partition coefficient (Wildman–Crippen LogP) is 2.36. The van der Waals surface area contributed by atoms with E-state index in [1.165, 1.54) is 0 Å². The Morgan fingerprint density at radius 2 is 2.11 bits per heavy atom. The van der Waals surface area contributed by atoms with Gasteiger partial charge in [0.2, 0.25) is 0 Å². The Balaban J connectivity index is 1.80. The second-order valence-electron chi connectivity index (χ2n) is 4.21. The molecule has 0 unspecified atom stereocenters. The molecule has 2 aromatic rings. The zero-order valence-electron chi connectivity index (χ0n) is 10.7. The molecule has 0 atom stereocenters. The quantitative estimate of drug-likeness (QED) is 0.810. The van der Waals surface area contributed by atoms with E-state index in [9.17, 15) is 4.79 Å². The normalized spacial score (nSPS) is 10.4. The third kappa shape index (κ3) is 3.58. The van der Waals surface area contributed by atoms with Gasteiger partial charge >= 0.3 is 5.97 Å². The molecule has 19 heavy (non-hydrogen) atoms. The van der Waals surface area contributed by atoms with Crippen molar-refractivity contribution in [3.8, 4) is 5.75 Å². The average Bonchev–Trinajstić information content (AvgIpc) is 2.77. The number of hydrogen-bond acceptors (Lipinski definition) is 3. The Labute approximate surface area is 111 Å². The Morgan fingerprint density at radius 3 is 2.74 bits per heavy atom. The molecule has 0 aliphatic rings. The minimum Gasteiger partial charge on any atom is -0.494 e. The number of para-hydroxylation sites is 1. The molecule has 0 radical (unpaired) electrons. The number of ether oxygens (including phenoxy) is 1. The summed E-state index contributed by atoms with van der Waals surface area (Å²) in [6.45, 7) is 2.91. The maximum Gasteiger partial charge on any atom is 0.339 e. The first-order valence-electron chi connectivity index (χ1n) is 6.12. The third-order valence-electron chi connectivity index (χ3n) is 2.72. The van der Waals surface area contributed by atoms with Gasteiger partial charge in [-0.2, -0.15) is 5.10 Å². The van der Waals surface area contributed by atoms with Gasteiger partial charge in [-0.1, -0.05) is 18.2 Å². The zero-order chi connectivity index (χ0) is 13.7. The molecule has 0 aliphatic heterocycles. The lowest BCUT2D eigenvalue weighted by molar-refractivity contribution is 0.0696. The Kier molecular flexibility index (Phi) is 4.18. The van der Waals surface area contributed by atoms with Crippen molar-refractivity contribution in [3.05, 3.63) is 47.8 Å². The smallest absolute Gasteiger partial charge is 0.339 e. The van der Waals surface area contributed by atoms with Crippen LogP contribution in [0.2, 0.25) is 0 Å². The Morgan fingerprint density at radius 1 is 1.37 bits per heavy atom. The fourth-order valence-corrected chi connectivity index (χ4v) is 1.78. The van der Waals surface area contributed by atoms with Crippen molar-refractivity contribution in [3.63, 3.8) is 0 Å². The van der Waals surface area contributed by atoms with Crippen LogP contribution in [0.4, 0.5) is 0 Å². The van der Waals surface area contributed by atoms with Gasteiger partial charge in [0.05, 0.1) is 12.3 Å². The molecular weight excluding hydrogens is 244 g/mol. The lowest BCUT2D eigenvalue weighted by Gasteiger charge is -2.05. The van der Waals surface area contributed by atoms with E-state index in [1.54, 1.807) is 17.8 Å². The fraction of sp³-hybridized carbons (Fsp3) is 0.286. The van der Waals surface area contributed by atoms with Crippen molar-refractivity contribution < 1.29 is 14.6 Å². The molecule has 5 heteroatoms. The molecule has 0 saturated heterocycles. The fourth-order valence-electron chi connectivity index (χ4n) is 1.78. The van der Waals surface area contributed by atoms with Crippen LogP contribution < -0.4 is 4.74 Å². The number of rotatable bonds is 6. The van der Waals surface area contributed by atoms with E-state index in [1.807, 2.05) is 30.3 Å². The number of aromatic nitrogens is 2. The van der Waals surface area contributed by atoms with Gasteiger partial charge in [-0.25, -0.2) is 4.79 Å². The summed E-state index contributed by atoms with van der Waals surface area (Å²) in [5, 5.41) is 13.1. The van der Waals surface area contributed by atoms with Crippen LogP contribution in [0.1, 0.15) is 22.5 Å². The molecule has 0 saturated carbocycles. The van der Waals surface area contributed by atoms with Gasteiger partial charge in [0.15, 0.2) is 0 Å². The lowest BCUT2D eigenvalue weighted by atomic mass is 10.3. The highest BCUT2D eigenvalue weighted by molar-refractivity contribution is 5.88. The molecule has 1 heterocycles. The summed E-state index contributed by atoms with van der Waals surface area (Å²) in [6, 6.07) is 9.59. The van der Waals surface area contributed by atoms with Gasteiger partial charge in [-0.05, 0) is 19.1 Å². The van der Waals surface area contributed by atoms with Crippen LogP contribution in [-0.4, -0.2) is 27.5 Å². The van der Waals surface area contributed by atoms with E-state index < -0.39 is 5.97 Å². The summed E-state index contributed by atoms with van der Waals surface area (Å²) < 4.78 is 7.20. The Bertz CT molecular complexity index is 549. The standard InChI is InChI=1S/C14H16N2O3/c1-11-13(14(17)18)10-16(15-11)8-5-9-19-12-6-3-2-4-7-12/h2-4,6-7,10H,5,8-9H2,1H3,(H,17,18). The second-order valence-corrected chi connectivity index (χ2v) is 4.21. The number of hydrogen-bond donors (Lipinski definition) is 1. The van der Waals surface area contributed by atoms with Crippen LogP contribution in [0.25, 0.3) is 0 Å². The predicted molar refractivity (Wildman–Crippen MR) is 70.5 cm³/mol. The molecular formula is C14H16N2O3. The molecule has 0 spiro atoms. The van der Waals surface area contributed by atoms with Gasteiger partial charge < -0.3 is 9.84 Å². The van der Waals surface area contributed by atoms with Crippen LogP contribution in [0, 0.1) is 6.92 Å². The van der Waals surface area contributed by atoms with Crippen molar-refractivity contribution in [2.24, 2.45) is 0 Å². The molecule has 0 fully saturated rings. The first-order valence-corrected chi connectivity index (χ1v) is 6.12. The molecule has 1 N–H and O–H groups in total. The molecule has 100 valence electrons. The summed E-state index contributed by atoms with van der Waals surface area (Å²) in [6.07, 6.45) is 2.33. The van der Waals surface area contributed by atoms with E-state index in [0.29, 0.717) is 18.8 Å². The van der Waals surface area contributed by atoms with Gasteiger partial charge in [-0.3, -0.25) is 4.68 Å². The van der Waals surface area contributed by atoms with Gasteiger partial charge in [0.25, 0.3) is 0 Å². The molecule has 0 amide bonds. The second kappa shape index (κ2) is 6.04. The summed E-state index contributed by atoms with van der Waals surface area (Å²) >= 11 is 0. The molecule has 0 bridgehead atoms. The van der Waals surface area contributed by atoms with E-state index in [4.69, 9.17) is 9.84 Å². The minimum atomic E-state index is -0.940. The highest BCUT2D eigenvalue weighted by Gasteiger charge is 2.11. The average molecular weight is 260 g/mol.